The van der Waals surface area contributed by atoms with Crippen LogP contribution in [0.25, 0.3) is 5.00 Å². The molecule has 3 rings (SSSR count). The highest BCUT2D eigenvalue weighted by molar-refractivity contribution is 7.15. The minimum absolute atomic E-state index is 0.231. The predicted molar refractivity (Wildman–Crippen MR) is 104 cm³/mol. The molecule has 0 aliphatic carbocycles. The van der Waals surface area contributed by atoms with Crippen molar-refractivity contribution in [2.24, 2.45) is 11.5 Å². The summed E-state index contributed by atoms with van der Waals surface area (Å²) in [5.74, 6) is -1.09. The molecule has 0 bridgehead atoms. The zero-order valence-corrected chi connectivity index (χ0v) is 17.2. The Morgan fingerprint density at radius 2 is 1.93 bits per heavy atom. The van der Waals surface area contributed by atoms with Crippen LogP contribution in [0, 0.1) is 0 Å². The summed E-state index contributed by atoms with van der Waals surface area (Å²) in [7, 11) is 0. The number of nitrogens with zero attached hydrogens (tertiary/aromatic N) is 2. The van der Waals surface area contributed by atoms with Crippen molar-refractivity contribution in [1.82, 2.24) is 9.78 Å². The van der Waals surface area contributed by atoms with E-state index in [0.717, 1.165) is 22.4 Å². The first-order chi connectivity index (χ1) is 12.5. The van der Waals surface area contributed by atoms with Gasteiger partial charge in [-0.15, -0.1) is 11.3 Å². The molecule has 1 aliphatic heterocycles. The molecule has 0 atom stereocenters. The number of hydrogen-bond acceptors (Lipinski definition) is 5. The molecular formula is C19H26N4O3S. The van der Waals surface area contributed by atoms with Crippen molar-refractivity contribution in [3.05, 3.63) is 33.5 Å². The van der Waals surface area contributed by atoms with E-state index in [0.29, 0.717) is 23.4 Å². The monoisotopic (exact) mass is 390 g/mol. The fourth-order valence-electron chi connectivity index (χ4n) is 3.89. The molecular weight excluding hydrogens is 364 g/mol. The van der Waals surface area contributed by atoms with Gasteiger partial charge >= 0.3 is 0 Å². The smallest absolute Gasteiger partial charge is 0.269 e. The Hall–Kier alpha value is -2.19. The SMILES string of the molecule is CCCc1cn(-c2sc3c(c2C(N)=O)CC(C)(C)OC3(C)C)nc1C(N)=O. The average Bonchev–Trinajstić information content (AvgIpc) is 3.07. The minimum atomic E-state index is -0.580. The molecule has 2 aromatic rings. The number of hydrogen-bond donors (Lipinski definition) is 2. The number of amides is 2. The average molecular weight is 391 g/mol. The molecule has 0 fully saturated rings. The van der Waals surface area contributed by atoms with Crippen LogP contribution in [0.3, 0.4) is 0 Å². The van der Waals surface area contributed by atoms with Crippen LogP contribution >= 0.6 is 11.3 Å². The van der Waals surface area contributed by atoms with Gasteiger partial charge in [0.25, 0.3) is 11.8 Å². The van der Waals surface area contributed by atoms with Crippen molar-refractivity contribution in [2.75, 3.05) is 0 Å². The van der Waals surface area contributed by atoms with Crippen LogP contribution < -0.4 is 11.5 Å². The normalized spacial score (nSPS) is 17.5. The number of aryl methyl sites for hydroxylation is 1. The van der Waals surface area contributed by atoms with Gasteiger partial charge in [0.05, 0.1) is 16.8 Å². The van der Waals surface area contributed by atoms with Gasteiger partial charge in [0.15, 0.2) is 5.69 Å². The van der Waals surface area contributed by atoms with Crippen molar-refractivity contribution in [3.8, 4) is 5.00 Å². The Labute approximate surface area is 162 Å². The number of rotatable bonds is 5. The van der Waals surface area contributed by atoms with Gasteiger partial charge in [0.1, 0.15) is 5.00 Å². The Morgan fingerprint density at radius 1 is 1.26 bits per heavy atom. The lowest BCUT2D eigenvalue weighted by Gasteiger charge is -2.41. The van der Waals surface area contributed by atoms with E-state index in [1.54, 1.807) is 10.9 Å². The zero-order chi connectivity index (χ0) is 20.1. The Kier molecular flexibility index (Phi) is 4.68. The van der Waals surface area contributed by atoms with Crippen LogP contribution in [-0.4, -0.2) is 27.2 Å². The molecule has 0 saturated heterocycles. The Morgan fingerprint density at radius 3 is 2.48 bits per heavy atom. The number of nitrogens with two attached hydrogens (primary N) is 2. The highest BCUT2D eigenvalue weighted by Crippen LogP contribution is 2.47. The lowest BCUT2D eigenvalue weighted by Crippen LogP contribution is -2.42. The summed E-state index contributed by atoms with van der Waals surface area (Å²) in [6, 6.07) is 0. The van der Waals surface area contributed by atoms with Crippen molar-refractivity contribution in [1.29, 1.82) is 0 Å². The van der Waals surface area contributed by atoms with E-state index in [2.05, 4.69) is 5.10 Å². The lowest BCUT2D eigenvalue weighted by atomic mass is 9.86. The predicted octanol–water partition coefficient (Wildman–Crippen LogP) is 2.67. The lowest BCUT2D eigenvalue weighted by molar-refractivity contribution is -0.135. The number of carbonyl (C=O) groups excluding carboxylic acids is 2. The summed E-state index contributed by atoms with van der Waals surface area (Å²) < 4.78 is 7.80. The maximum Gasteiger partial charge on any atom is 0.269 e. The van der Waals surface area contributed by atoms with Gasteiger partial charge in [0.2, 0.25) is 0 Å². The van der Waals surface area contributed by atoms with Gasteiger partial charge in [-0.25, -0.2) is 4.68 Å². The molecule has 2 amide bonds. The molecule has 8 heteroatoms. The van der Waals surface area contributed by atoms with Crippen LogP contribution in [0.15, 0.2) is 6.20 Å². The second-order valence-corrected chi connectivity index (χ2v) is 9.06. The fourth-order valence-corrected chi connectivity index (χ4v) is 5.19. The van der Waals surface area contributed by atoms with Crippen LogP contribution in [0.4, 0.5) is 0 Å². The second-order valence-electron chi connectivity index (χ2n) is 8.06. The van der Waals surface area contributed by atoms with Gasteiger partial charge in [-0.3, -0.25) is 9.59 Å². The standard InChI is InChI=1S/C19H26N4O3S/c1-6-7-10-9-23(22-13(10)16(21)25)17-12(15(20)24)11-8-18(2,3)26-19(4,5)14(11)27-17/h9H,6-8H2,1-5H3,(H2,20,24)(H2,21,25). The number of ether oxygens (including phenoxy) is 1. The first-order valence-electron chi connectivity index (χ1n) is 9.01. The summed E-state index contributed by atoms with van der Waals surface area (Å²) in [5, 5.41) is 4.98. The number of primary amides is 2. The molecule has 27 heavy (non-hydrogen) atoms. The summed E-state index contributed by atoms with van der Waals surface area (Å²) in [5.41, 5.74) is 12.6. The molecule has 0 spiro atoms. The van der Waals surface area contributed by atoms with Gasteiger partial charge in [-0.05, 0) is 39.7 Å². The summed E-state index contributed by atoms with van der Waals surface area (Å²) >= 11 is 1.43. The first-order valence-corrected chi connectivity index (χ1v) is 9.83. The molecule has 0 radical (unpaired) electrons. The number of fused-ring (bicyclic) bond motifs is 1. The third-order valence-corrected chi connectivity index (χ3v) is 6.19. The van der Waals surface area contributed by atoms with E-state index in [4.69, 9.17) is 16.2 Å². The van der Waals surface area contributed by atoms with E-state index >= 15 is 0 Å². The summed E-state index contributed by atoms with van der Waals surface area (Å²) in [6.07, 6.45) is 3.88. The van der Waals surface area contributed by atoms with Crippen LogP contribution in [0.5, 0.6) is 0 Å². The number of aromatic nitrogens is 2. The third kappa shape index (κ3) is 3.39. The van der Waals surface area contributed by atoms with E-state index in [1.165, 1.54) is 11.3 Å². The van der Waals surface area contributed by atoms with Crippen molar-refractivity contribution in [3.63, 3.8) is 0 Å². The summed E-state index contributed by atoms with van der Waals surface area (Å²) in [6.45, 7) is 9.98. The van der Waals surface area contributed by atoms with Gasteiger partial charge in [-0.2, -0.15) is 5.10 Å². The Balaban J connectivity index is 2.24. The maximum absolute atomic E-state index is 12.4. The van der Waals surface area contributed by atoms with Crippen LogP contribution in [-0.2, 0) is 23.2 Å². The molecule has 146 valence electrons. The van der Waals surface area contributed by atoms with Crippen LogP contribution in [0.1, 0.15) is 77.9 Å². The topological polar surface area (TPSA) is 113 Å². The largest absolute Gasteiger partial charge is 0.365 e. The maximum atomic E-state index is 12.4. The molecule has 0 aromatic carbocycles. The van der Waals surface area contributed by atoms with Crippen molar-refractivity contribution >= 4 is 23.2 Å². The summed E-state index contributed by atoms with van der Waals surface area (Å²) in [4.78, 5) is 25.1. The first kappa shape index (κ1) is 19.6. The van der Waals surface area contributed by atoms with Gasteiger partial charge in [0, 0.05) is 23.1 Å². The molecule has 7 nitrogen and oxygen atoms in total. The van der Waals surface area contributed by atoms with E-state index in [1.807, 2.05) is 34.6 Å². The fraction of sp³-hybridized carbons (Fsp3) is 0.526. The molecule has 0 unspecified atom stereocenters. The van der Waals surface area contributed by atoms with Crippen molar-refractivity contribution in [2.45, 2.75) is 65.1 Å². The molecule has 0 saturated carbocycles. The van der Waals surface area contributed by atoms with Crippen molar-refractivity contribution < 1.29 is 14.3 Å². The second kappa shape index (κ2) is 6.45. The zero-order valence-electron chi connectivity index (χ0n) is 16.4. The molecule has 3 heterocycles. The number of carbonyl (C=O) groups is 2. The minimum Gasteiger partial charge on any atom is -0.365 e. The highest BCUT2D eigenvalue weighted by atomic mass is 32.1. The quantitative estimate of drug-likeness (QED) is 0.817. The van der Waals surface area contributed by atoms with E-state index in [-0.39, 0.29) is 5.69 Å². The molecule has 4 N–H and O–H groups in total. The Bertz CT molecular complexity index is 924. The van der Waals surface area contributed by atoms with Gasteiger partial charge in [-0.1, -0.05) is 13.3 Å². The molecule has 1 aliphatic rings. The van der Waals surface area contributed by atoms with E-state index in [9.17, 15) is 9.59 Å². The van der Waals surface area contributed by atoms with Crippen LogP contribution in [0.2, 0.25) is 0 Å². The molecule has 2 aromatic heterocycles. The third-order valence-electron chi connectivity index (χ3n) is 4.67. The van der Waals surface area contributed by atoms with E-state index < -0.39 is 23.0 Å². The number of thiophene rings is 1. The van der Waals surface area contributed by atoms with Gasteiger partial charge < -0.3 is 16.2 Å². The highest BCUT2D eigenvalue weighted by Gasteiger charge is 2.43.